The van der Waals surface area contributed by atoms with Crippen LogP contribution in [0.4, 0.5) is 0 Å². The zero-order chi connectivity index (χ0) is 35.6. The van der Waals surface area contributed by atoms with Gasteiger partial charge >= 0.3 is 0 Å². The molecule has 3 heterocycles. The van der Waals surface area contributed by atoms with Crippen LogP contribution in [0.15, 0.2) is 173 Å². The number of allylic oxidation sites excluding steroid dienone is 4. The van der Waals surface area contributed by atoms with E-state index in [1.165, 1.54) is 16.5 Å². The molecule has 5 nitrogen and oxygen atoms in total. The molecule has 0 saturated carbocycles. The summed E-state index contributed by atoms with van der Waals surface area (Å²) in [5, 5.41) is 6.47. The summed E-state index contributed by atoms with van der Waals surface area (Å²) in [5.41, 5.74) is 10.8. The number of rotatable bonds is 5. The normalized spacial score (nSPS) is 13.1. The van der Waals surface area contributed by atoms with Crippen LogP contribution in [-0.2, 0) is 0 Å². The lowest BCUT2D eigenvalue weighted by molar-refractivity contribution is 0.669. The van der Waals surface area contributed by atoms with Gasteiger partial charge in [0.15, 0.2) is 17.5 Å². The van der Waals surface area contributed by atoms with E-state index >= 15 is 0 Å². The fourth-order valence-corrected chi connectivity index (χ4v) is 7.86. The number of benzene rings is 7. The molecule has 0 spiro atoms. The third-order valence-electron chi connectivity index (χ3n) is 10.6. The maximum absolute atomic E-state index is 6.47. The van der Waals surface area contributed by atoms with E-state index in [-0.39, 0.29) is 0 Å². The Morgan fingerprint density at radius 3 is 1.91 bits per heavy atom. The number of aromatic nitrogens is 3. The molecular weight excluding hydrogens is 663 g/mol. The van der Waals surface area contributed by atoms with Crippen molar-refractivity contribution in [3.63, 3.8) is 0 Å². The first-order valence-electron chi connectivity index (χ1n) is 18.3. The maximum atomic E-state index is 6.47. The van der Waals surface area contributed by atoms with Gasteiger partial charge in [-0.2, -0.15) is 0 Å². The fraction of sp³-hybridized carbons (Fsp3) is 0.0408. The summed E-state index contributed by atoms with van der Waals surface area (Å²) < 4.78 is 12.9. The first-order chi connectivity index (χ1) is 26.7. The van der Waals surface area contributed by atoms with Crippen LogP contribution in [0.3, 0.4) is 0 Å². The molecule has 1 aliphatic carbocycles. The highest BCUT2D eigenvalue weighted by Crippen LogP contribution is 2.40. The highest BCUT2D eigenvalue weighted by Gasteiger charge is 2.19. The molecule has 5 heteroatoms. The molecule has 54 heavy (non-hydrogen) atoms. The van der Waals surface area contributed by atoms with Crippen LogP contribution >= 0.6 is 0 Å². The highest BCUT2D eigenvalue weighted by molar-refractivity contribution is 6.16. The second-order valence-corrected chi connectivity index (χ2v) is 13.9. The predicted molar refractivity (Wildman–Crippen MR) is 220 cm³/mol. The Kier molecular flexibility index (Phi) is 6.92. The minimum atomic E-state index is 0.595. The molecule has 0 atom stereocenters. The molecule has 0 amide bonds. The average molecular weight is 694 g/mol. The van der Waals surface area contributed by atoms with Crippen LogP contribution in [0.2, 0.25) is 0 Å². The van der Waals surface area contributed by atoms with Gasteiger partial charge in [0.25, 0.3) is 0 Å². The second kappa shape index (κ2) is 12.2. The first-order valence-corrected chi connectivity index (χ1v) is 18.3. The lowest BCUT2D eigenvalue weighted by atomic mass is 9.98. The highest BCUT2D eigenvalue weighted by atomic mass is 16.3. The van der Waals surface area contributed by atoms with Gasteiger partial charge < -0.3 is 8.83 Å². The van der Waals surface area contributed by atoms with Gasteiger partial charge in [-0.25, -0.2) is 15.0 Å². The van der Waals surface area contributed by atoms with Crippen molar-refractivity contribution in [1.29, 1.82) is 0 Å². The standard InChI is InChI=1S/C49H31N3O2/c1-3-10-30(11-4-1)31-18-20-34(21-19-31)48-50-47(33-13-5-2-6-14-33)51-49(52-48)39-16-9-17-44-45(39)41-29-36(24-27-43(41)53-44)35-23-26-42-40(28-35)38-25-22-32-12-7-8-15-37(32)46(38)54-42/h2-3,5-29H,1,4H2. The van der Waals surface area contributed by atoms with E-state index in [0.717, 1.165) is 89.9 Å². The summed E-state index contributed by atoms with van der Waals surface area (Å²) in [4.78, 5) is 15.2. The van der Waals surface area contributed by atoms with Crippen molar-refractivity contribution in [3.8, 4) is 45.3 Å². The Balaban J connectivity index is 1.06. The first kappa shape index (κ1) is 30.5. The van der Waals surface area contributed by atoms with Gasteiger partial charge in [-0.05, 0) is 76.9 Å². The second-order valence-electron chi connectivity index (χ2n) is 13.9. The van der Waals surface area contributed by atoms with Crippen LogP contribution in [0.5, 0.6) is 0 Å². The van der Waals surface area contributed by atoms with Crippen LogP contribution in [-0.4, -0.2) is 15.0 Å². The van der Waals surface area contributed by atoms with E-state index in [2.05, 4.69) is 121 Å². The molecular formula is C49H31N3O2. The van der Waals surface area contributed by atoms with Crippen molar-refractivity contribution >= 4 is 60.2 Å². The van der Waals surface area contributed by atoms with Crippen molar-refractivity contribution in [2.75, 3.05) is 0 Å². The molecule has 0 aliphatic heterocycles. The van der Waals surface area contributed by atoms with Gasteiger partial charge in [0.05, 0.1) is 0 Å². The summed E-state index contributed by atoms with van der Waals surface area (Å²) in [6, 6.07) is 50.3. The van der Waals surface area contributed by atoms with Crippen LogP contribution in [0, 0.1) is 0 Å². The topological polar surface area (TPSA) is 65.0 Å². The lowest BCUT2D eigenvalue weighted by Crippen LogP contribution is -2.00. The zero-order valence-electron chi connectivity index (χ0n) is 29.2. The summed E-state index contributed by atoms with van der Waals surface area (Å²) >= 11 is 0. The van der Waals surface area contributed by atoms with Gasteiger partial charge in [0.1, 0.15) is 22.3 Å². The molecule has 0 fully saturated rings. The third-order valence-corrected chi connectivity index (χ3v) is 10.6. The molecule has 10 aromatic rings. The van der Waals surface area contributed by atoms with Crippen molar-refractivity contribution < 1.29 is 8.83 Å². The van der Waals surface area contributed by atoms with Crippen molar-refractivity contribution in [2.45, 2.75) is 12.8 Å². The molecule has 11 rings (SSSR count). The Bertz CT molecular complexity index is 3150. The smallest absolute Gasteiger partial charge is 0.164 e. The van der Waals surface area contributed by atoms with Gasteiger partial charge in [-0.1, -0.05) is 127 Å². The molecule has 1 aliphatic rings. The summed E-state index contributed by atoms with van der Waals surface area (Å²) in [6.45, 7) is 0. The molecule has 254 valence electrons. The fourth-order valence-electron chi connectivity index (χ4n) is 7.86. The van der Waals surface area contributed by atoms with Crippen LogP contribution in [0.1, 0.15) is 18.4 Å². The molecule has 0 unspecified atom stereocenters. The quantitative estimate of drug-likeness (QED) is 0.179. The Labute approximate surface area is 310 Å². The van der Waals surface area contributed by atoms with Gasteiger partial charge in [-0.15, -0.1) is 0 Å². The molecule has 0 saturated heterocycles. The third kappa shape index (κ3) is 5.05. The minimum absolute atomic E-state index is 0.595. The summed E-state index contributed by atoms with van der Waals surface area (Å²) in [7, 11) is 0. The van der Waals surface area contributed by atoms with Crippen molar-refractivity contribution in [1.82, 2.24) is 15.0 Å². The number of hydrogen-bond acceptors (Lipinski definition) is 5. The van der Waals surface area contributed by atoms with Gasteiger partial charge in [0.2, 0.25) is 0 Å². The Hall–Kier alpha value is -7.11. The lowest BCUT2D eigenvalue weighted by Gasteiger charge is -2.11. The van der Waals surface area contributed by atoms with Crippen LogP contribution in [0.25, 0.3) is 106 Å². The van der Waals surface area contributed by atoms with Gasteiger partial charge in [-0.3, -0.25) is 0 Å². The van der Waals surface area contributed by atoms with E-state index in [0.29, 0.717) is 17.5 Å². The number of hydrogen-bond donors (Lipinski definition) is 0. The van der Waals surface area contributed by atoms with E-state index in [4.69, 9.17) is 23.8 Å². The Morgan fingerprint density at radius 1 is 0.426 bits per heavy atom. The Morgan fingerprint density at radius 2 is 1.11 bits per heavy atom. The number of furan rings is 2. The van der Waals surface area contributed by atoms with E-state index in [9.17, 15) is 0 Å². The van der Waals surface area contributed by atoms with E-state index < -0.39 is 0 Å². The van der Waals surface area contributed by atoms with Crippen LogP contribution < -0.4 is 0 Å². The molecule has 0 radical (unpaired) electrons. The molecule has 3 aromatic heterocycles. The zero-order valence-corrected chi connectivity index (χ0v) is 29.2. The molecule has 0 bridgehead atoms. The van der Waals surface area contributed by atoms with Crippen molar-refractivity contribution in [2.24, 2.45) is 0 Å². The van der Waals surface area contributed by atoms with E-state index in [1.807, 2.05) is 42.5 Å². The number of fused-ring (bicyclic) bond motifs is 8. The molecule has 7 aromatic carbocycles. The maximum Gasteiger partial charge on any atom is 0.164 e. The van der Waals surface area contributed by atoms with Crippen molar-refractivity contribution in [3.05, 3.63) is 169 Å². The monoisotopic (exact) mass is 693 g/mol. The number of nitrogens with zero attached hydrogens (tertiary/aromatic N) is 3. The molecule has 0 N–H and O–H groups in total. The van der Waals surface area contributed by atoms with E-state index in [1.54, 1.807) is 0 Å². The summed E-state index contributed by atoms with van der Waals surface area (Å²) in [5.74, 6) is 1.84. The van der Waals surface area contributed by atoms with Gasteiger partial charge in [0, 0.05) is 43.6 Å². The largest absolute Gasteiger partial charge is 0.456 e. The average Bonchev–Trinajstić information content (AvgIpc) is 3.82. The minimum Gasteiger partial charge on any atom is -0.456 e. The predicted octanol–water partition coefficient (Wildman–Crippen LogP) is 13.2. The summed E-state index contributed by atoms with van der Waals surface area (Å²) in [6.07, 6.45) is 8.89. The SMILES string of the molecule is C1=CC(c2ccc(-c3nc(-c4ccccc4)nc(-c4cccc5oc6ccc(-c7ccc8oc9c%10ccccc%10ccc9c8c7)cc6c45)n3)cc2)=CCC1.